The number of carbonyl (C=O) groups excluding carboxylic acids is 1. The normalized spacial score (nSPS) is 18.5. The minimum atomic E-state index is -0.00471. The molecule has 0 aromatic heterocycles. The Balaban J connectivity index is 1.94. The van der Waals surface area contributed by atoms with Crippen molar-refractivity contribution in [3.63, 3.8) is 0 Å². The van der Waals surface area contributed by atoms with Gasteiger partial charge in [-0.15, -0.1) is 0 Å². The largest absolute Gasteiger partial charge is 0.338 e. The summed E-state index contributed by atoms with van der Waals surface area (Å²) in [5, 5.41) is 0.719. The van der Waals surface area contributed by atoms with E-state index in [0.29, 0.717) is 6.54 Å². The van der Waals surface area contributed by atoms with Gasteiger partial charge in [0.05, 0.1) is 12.6 Å². The predicted octanol–water partition coefficient (Wildman–Crippen LogP) is 3.59. The second-order valence-corrected chi connectivity index (χ2v) is 6.57. The minimum absolute atomic E-state index is 0.00471. The maximum atomic E-state index is 12.5. The third-order valence-corrected chi connectivity index (χ3v) is 4.91. The number of hydrogen-bond acceptors (Lipinski definition) is 2. The van der Waals surface area contributed by atoms with Gasteiger partial charge in [-0.2, -0.15) is 0 Å². The third kappa shape index (κ3) is 4.21. The molecule has 116 valence electrons. The molecule has 0 radical (unpaired) electrons. The second kappa shape index (κ2) is 7.28. The van der Waals surface area contributed by atoms with E-state index in [-0.39, 0.29) is 11.9 Å². The van der Waals surface area contributed by atoms with Gasteiger partial charge in [-0.25, -0.2) is 0 Å². The van der Waals surface area contributed by atoms with E-state index < -0.39 is 0 Å². The van der Waals surface area contributed by atoms with E-state index in [4.69, 9.17) is 11.6 Å². The molecule has 0 bridgehead atoms. The lowest BCUT2D eigenvalue weighted by atomic mass is 9.99. The summed E-state index contributed by atoms with van der Waals surface area (Å²) in [6, 6.07) is 7.73. The van der Waals surface area contributed by atoms with Crippen molar-refractivity contribution in [2.45, 2.75) is 32.7 Å². The molecule has 1 fully saturated rings. The van der Waals surface area contributed by atoms with Crippen LogP contribution in [0.4, 0.5) is 0 Å². The van der Waals surface area contributed by atoms with Crippen LogP contribution in [-0.2, 0) is 4.79 Å². The number of hydrogen-bond donors (Lipinski definition) is 0. The Hall–Kier alpha value is -1.06. The Morgan fingerprint density at radius 3 is 2.62 bits per heavy atom. The number of rotatable bonds is 4. The van der Waals surface area contributed by atoms with Crippen LogP contribution in [0, 0.1) is 5.92 Å². The van der Waals surface area contributed by atoms with Gasteiger partial charge in [-0.1, -0.05) is 36.7 Å². The van der Waals surface area contributed by atoms with Gasteiger partial charge in [0.25, 0.3) is 0 Å². The van der Waals surface area contributed by atoms with Gasteiger partial charge in [0.15, 0.2) is 0 Å². The molecule has 1 saturated heterocycles. The molecule has 1 aliphatic heterocycles. The first-order chi connectivity index (χ1) is 9.99. The van der Waals surface area contributed by atoms with E-state index in [1.165, 1.54) is 12.8 Å². The van der Waals surface area contributed by atoms with Crippen molar-refractivity contribution in [2.75, 3.05) is 26.7 Å². The van der Waals surface area contributed by atoms with Gasteiger partial charge >= 0.3 is 0 Å². The molecule has 1 aromatic rings. The molecule has 4 heteroatoms. The fraction of sp³-hybridized carbons (Fsp3) is 0.588. The first kappa shape index (κ1) is 16.3. The SMILES string of the molecule is CC1CCN(CC(=O)N(C)C(C)c2ccccc2Cl)CC1. The van der Waals surface area contributed by atoms with Crippen molar-refractivity contribution in [3.05, 3.63) is 34.9 Å². The van der Waals surface area contributed by atoms with E-state index in [0.717, 1.165) is 29.6 Å². The van der Waals surface area contributed by atoms with E-state index in [1.807, 2.05) is 38.2 Å². The van der Waals surface area contributed by atoms with Crippen LogP contribution < -0.4 is 0 Å². The number of piperidine rings is 1. The minimum Gasteiger partial charge on any atom is -0.338 e. The first-order valence-corrected chi connectivity index (χ1v) is 8.09. The number of halogens is 1. The molecule has 0 aliphatic carbocycles. The molecular formula is C17H25ClN2O. The van der Waals surface area contributed by atoms with Gasteiger partial charge in [0.2, 0.25) is 5.91 Å². The Morgan fingerprint density at radius 1 is 1.38 bits per heavy atom. The van der Waals surface area contributed by atoms with Crippen LogP contribution in [0.1, 0.15) is 38.3 Å². The van der Waals surface area contributed by atoms with E-state index in [2.05, 4.69) is 11.8 Å². The summed E-state index contributed by atoms with van der Waals surface area (Å²) in [5.74, 6) is 0.952. The zero-order chi connectivity index (χ0) is 15.4. The molecule has 1 heterocycles. The van der Waals surface area contributed by atoms with Gasteiger partial charge in [0.1, 0.15) is 0 Å². The Kier molecular flexibility index (Phi) is 5.65. The van der Waals surface area contributed by atoms with Crippen molar-refractivity contribution >= 4 is 17.5 Å². The van der Waals surface area contributed by atoms with E-state index >= 15 is 0 Å². The number of likely N-dealkylation sites (N-methyl/N-ethyl adjacent to an activating group) is 1. The summed E-state index contributed by atoms with van der Waals surface area (Å²) >= 11 is 6.23. The lowest BCUT2D eigenvalue weighted by Gasteiger charge is -2.32. The van der Waals surface area contributed by atoms with Crippen LogP contribution in [0.2, 0.25) is 5.02 Å². The molecule has 2 rings (SSSR count). The molecule has 21 heavy (non-hydrogen) atoms. The summed E-state index contributed by atoms with van der Waals surface area (Å²) in [4.78, 5) is 16.5. The summed E-state index contributed by atoms with van der Waals surface area (Å²) in [5.41, 5.74) is 1.00. The molecular weight excluding hydrogens is 284 g/mol. The van der Waals surface area contributed by atoms with Gasteiger partial charge in [-0.05, 0) is 50.4 Å². The summed E-state index contributed by atoms with van der Waals surface area (Å²) in [6.45, 7) is 6.88. The number of carbonyl (C=O) groups is 1. The molecule has 1 aromatic carbocycles. The molecule has 0 N–H and O–H groups in total. The zero-order valence-corrected chi connectivity index (χ0v) is 13.9. The molecule has 1 amide bonds. The van der Waals surface area contributed by atoms with Crippen molar-refractivity contribution in [2.24, 2.45) is 5.92 Å². The summed E-state index contributed by atoms with van der Waals surface area (Å²) in [6.07, 6.45) is 2.38. The van der Waals surface area contributed by atoms with Crippen molar-refractivity contribution in [1.29, 1.82) is 0 Å². The highest BCUT2D eigenvalue weighted by molar-refractivity contribution is 6.31. The molecule has 0 spiro atoms. The Bertz CT molecular complexity index is 483. The number of amides is 1. The van der Waals surface area contributed by atoms with Crippen molar-refractivity contribution in [3.8, 4) is 0 Å². The first-order valence-electron chi connectivity index (χ1n) is 7.71. The predicted molar refractivity (Wildman–Crippen MR) is 87.5 cm³/mol. The molecule has 3 nitrogen and oxygen atoms in total. The van der Waals surface area contributed by atoms with Gasteiger partial charge in [0, 0.05) is 12.1 Å². The topological polar surface area (TPSA) is 23.6 Å². The van der Waals surface area contributed by atoms with Crippen LogP contribution in [0.5, 0.6) is 0 Å². The molecule has 1 unspecified atom stereocenters. The van der Waals surface area contributed by atoms with Gasteiger partial charge in [-0.3, -0.25) is 9.69 Å². The monoisotopic (exact) mass is 308 g/mol. The number of nitrogens with zero attached hydrogens (tertiary/aromatic N) is 2. The number of likely N-dealkylation sites (tertiary alicyclic amines) is 1. The summed E-state index contributed by atoms with van der Waals surface area (Å²) in [7, 11) is 1.86. The van der Waals surface area contributed by atoms with Crippen LogP contribution in [0.3, 0.4) is 0 Å². The average molecular weight is 309 g/mol. The maximum Gasteiger partial charge on any atom is 0.236 e. The van der Waals surface area contributed by atoms with Crippen molar-refractivity contribution in [1.82, 2.24) is 9.80 Å². The third-order valence-electron chi connectivity index (χ3n) is 4.56. The maximum absolute atomic E-state index is 12.5. The van der Waals surface area contributed by atoms with Crippen LogP contribution in [0.25, 0.3) is 0 Å². The van der Waals surface area contributed by atoms with Crippen LogP contribution >= 0.6 is 11.6 Å². The quantitative estimate of drug-likeness (QED) is 0.848. The highest BCUT2D eigenvalue weighted by Gasteiger charge is 2.23. The smallest absolute Gasteiger partial charge is 0.236 e. The van der Waals surface area contributed by atoms with Crippen LogP contribution in [-0.4, -0.2) is 42.4 Å². The second-order valence-electron chi connectivity index (χ2n) is 6.16. The van der Waals surface area contributed by atoms with Gasteiger partial charge < -0.3 is 4.90 Å². The summed E-state index contributed by atoms with van der Waals surface area (Å²) < 4.78 is 0. The molecule has 1 aliphatic rings. The lowest BCUT2D eigenvalue weighted by Crippen LogP contribution is -2.42. The van der Waals surface area contributed by atoms with E-state index in [9.17, 15) is 4.79 Å². The molecule has 0 saturated carbocycles. The fourth-order valence-electron chi connectivity index (χ4n) is 2.76. The zero-order valence-electron chi connectivity index (χ0n) is 13.2. The standard InChI is InChI=1S/C17H25ClN2O/c1-13-8-10-20(11-9-13)12-17(21)19(3)14(2)15-6-4-5-7-16(15)18/h4-7,13-14H,8-12H2,1-3H3. The van der Waals surface area contributed by atoms with Crippen molar-refractivity contribution < 1.29 is 4.79 Å². The average Bonchev–Trinajstić information content (AvgIpc) is 2.48. The highest BCUT2D eigenvalue weighted by Crippen LogP contribution is 2.26. The number of benzene rings is 1. The molecule has 1 atom stereocenters. The Labute approximate surface area is 132 Å². The van der Waals surface area contributed by atoms with Crippen LogP contribution in [0.15, 0.2) is 24.3 Å². The fourth-order valence-corrected chi connectivity index (χ4v) is 3.06. The van der Waals surface area contributed by atoms with E-state index in [1.54, 1.807) is 4.90 Å². The lowest BCUT2D eigenvalue weighted by molar-refractivity contribution is -0.133. The Morgan fingerprint density at radius 2 is 2.00 bits per heavy atom. The highest BCUT2D eigenvalue weighted by atomic mass is 35.5.